The number of carbonyl (C=O) groups is 2. The molecule has 0 spiro atoms. The second-order valence-corrected chi connectivity index (χ2v) is 8.89. The molecular formula is C29H36N2O2. The van der Waals surface area contributed by atoms with Gasteiger partial charge in [-0.15, -0.1) is 0 Å². The highest BCUT2D eigenvalue weighted by Crippen LogP contribution is 2.21. The van der Waals surface area contributed by atoms with Gasteiger partial charge in [-0.25, -0.2) is 0 Å². The number of fused-ring (bicyclic) bond motifs is 1. The van der Waals surface area contributed by atoms with E-state index in [0.29, 0.717) is 25.8 Å². The molecule has 174 valence electrons. The molecule has 0 saturated heterocycles. The lowest BCUT2D eigenvalue weighted by molar-refractivity contribution is -0.141. The summed E-state index contributed by atoms with van der Waals surface area (Å²) < 4.78 is 0. The normalized spacial score (nSPS) is 12.8. The van der Waals surface area contributed by atoms with E-state index in [1.165, 1.54) is 16.3 Å². The molecule has 0 heterocycles. The maximum Gasteiger partial charge on any atom is 0.243 e. The molecule has 3 aromatic rings. The number of benzene rings is 3. The number of amides is 2. The van der Waals surface area contributed by atoms with Gasteiger partial charge in [-0.3, -0.25) is 9.59 Å². The molecule has 0 saturated carbocycles. The molecule has 2 unspecified atom stereocenters. The zero-order valence-corrected chi connectivity index (χ0v) is 20.3. The van der Waals surface area contributed by atoms with Crippen LogP contribution in [0.4, 0.5) is 0 Å². The molecule has 2 atom stereocenters. The summed E-state index contributed by atoms with van der Waals surface area (Å²) >= 11 is 0. The van der Waals surface area contributed by atoms with Gasteiger partial charge in [0.15, 0.2) is 0 Å². The van der Waals surface area contributed by atoms with E-state index in [2.05, 4.69) is 29.6 Å². The monoisotopic (exact) mass is 444 g/mol. The van der Waals surface area contributed by atoms with E-state index in [-0.39, 0.29) is 17.9 Å². The Balaban J connectivity index is 1.82. The average molecular weight is 445 g/mol. The summed E-state index contributed by atoms with van der Waals surface area (Å²) in [5.74, 6) is -0.0628. The maximum absolute atomic E-state index is 13.5. The number of aryl methyl sites for hydroxylation is 2. The van der Waals surface area contributed by atoms with Gasteiger partial charge < -0.3 is 10.2 Å². The van der Waals surface area contributed by atoms with Gasteiger partial charge in [0.1, 0.15) is 6.04 Å². The van der Waals surface area contributed by atoms with E-state index >= 15 is 0 Å². The van der Waals surface area contributed by atoms with Crippen molar-refractivity contribution >= 4 is 22.6 Å². The second kappa shape index (κ2) is 11.6. The van der Waals surface area contributed by atoms with Gasteiger partial charge in [-0.05, 0) is 55.0 Å². The summed E-state index contributed by atoms with van der Waals surface area (Å²) in [5, 5.41) is 5.44. The highest BCUT2D eigenvalue weighted by Gasteiger charge is 2.29. The Morgan fingerprint density at radius 3 is 2.30 bits per heavy atom. The summed E-state index contributed by atoms with van der Waals surface area (Å²) in [4.78, 5) is 28.4. The predicted octanol–water partition coefficient (Wildman–Crippen LogP) is 5.80. The number of nitrogens with one attached hydrogen (secondary N) is 1. The first-order chi connectivity index (χ1) is 15.9. The van der Waals surface area contributed by atoms with Crippen LogP contribution in [0.25, 0.3) is 10.8 Å². The molecular weight excluding hydrogens is 408 g/mol. The van der Waals surface area contributed by atoms with Crippen molar-refractivity contribution in [2.75, 3.05) is 0 Å². The molecule has 1 N–H and O–H groups in total. The zero-order valence-electron chi connectivity index (χ0n) is 20.3. The first-order valence-electron chi connectivity index (χ1n) is 12.0. The second-order valence-electron chi connectivity index (χ2n) is 8.89. The summed E-state index contributed by atoms with van der Waals surface area (Å²) in [7, 11) is 0. The number of hydrogen-bond donors (Lipinski definition) is 1. The van der Waals surface area contributed by atoms with Gasteiger partial charge in [0, 0.05) is 19.0 Å². The van der Waals surface area contributed by atoms with E-state index in [9.17, 15) is 9.59 Å². The Hall–Kier alpha value is -3.14. The highest BCUT2D eigenvalue weighted by molar-refractivity contribution is 5.89. The topological polar surface area (TPSA) is 49.4 Å². The van der Waals surface area contributed by atoms with Crippen molar-refractivity contribution in [3.8, 4) is 0 Å². The Morgan fingerprint density at radius 1 is 0.909 bits per heavy atom. The Morgan fingerprint density at radius 2 is 1.61 bits per heavy atom. The third-order valence-corrected chi connectivity index (χ3v) is 6.35. The summed E-state index contributed by atoms with van der Waals surface area (Å²) in [6.07, 6.45) is 2.45. The van der Waals surface area contributed by atoms with Crippen LogP contribution in [0.15, 0.2) is 66.7 Å². The predicted molar refractivity (Wildman–Crippen MR) is 136 cm³/mol. The molecule has 3 rings (SSSR count). The maximum atomic E-state index is 13.5. The standard InChI is InChI=1S/C29H36N2O2/c1-5-22(4)30-29(33)27(6-2)31(20-23-16-14-21(3)15-17-23)28(32)19-18-25-12-9-11-24-10-7-8-13-26(24)25/h7-17,22,27H,5-6,18-20H2,1-4H3,(H,30,33). The van der Waals surface area contributed by atoms with Crippen molar-refractivity contribution in [2.45, 2.75) is 72.0 Å². The van der Waals surface area contributed by atoms with Gasteiger partial charge in [0.2, 0.25) is 11.8 Å². The van der Waals surface area contributed by atoms with Crippen molar-refractivity contribution in [3.63, 3.8) is 0 Å². The van der Waals surface area contributed by atoms with Gasteiger partial charge in [-0.2, -0.15) is 0 Å². The van der Waals surface area contributed by atoms with Crippen LogP contribution in [-0.4, -0.2) is 28.8 Å². The fraction of sp³-hybridized carbons (Fsp3) is 0.379. The quantitative estimate of drug-likeness (QED) is 0.429. The van der Waals surface area contributed by atoms with Gasteiger partial charge in [0.25, 0.3) is 0 Å². The number of nitrogens with zero attached hydrogens (tertiary/aromatic N) is 1. The zero-order chi connectivity index (χ0) is 23.8. The van der Waals surface area contributed by atoms with Crippen LogP contribution < -0.4 is 5.32 Å². The van der Waals surface area contributed by atoms with Crippen LogP contribution in [-0.2, 0) is 22.6 Å². The molecule has 0 radical (unpaired) electrons. The van der Waals surface area contributed by atoms with Crippen molar-refractivity contribution in [3.05, 3.63) is 83.4 Å². The van der Waals surface area contributed by atoms with Crippen LogP contribution >= 0.6 is 0 Å². The SMILES string of the molecule is CCC(C)NC(=O)C(CC)N(Cc1ccc(C)cc1)C(=O)CCc1cccc2ccccc12. The molecule has 0 aromatic heterocycles. The number of rotatable bonds is 10. The summed E-state index contributed by atoms with van der Waals surface area (Å²) in [6, 6.07) is 22.3. The lowest BCUT2D eigenvalue weighted by Crippen LogP contribution is -2.50. The molecule has 3 aromatic carbocycles. The molecule has 0 aliphatic carbocycles. The third kappa shape index (κ3) is 6.44. The van der Waals surface area contributed by atoms with Crippen LogP contribution in [0.2, 0.25) is 0 Å². The van der Waals surface area contributed by atoms with Gasteiger partial charge in [-0.1, -0.05) is 86.1 Å². The smallest absolute Gasteiger partial charge is 0.243 e. The Kier molecular flexibility index (Phi) is 8.65. The molecule has 4 nitrogen and oxygen atoms in total. The molecule has 0 fully saturated rings. The fourth-order valence-corrected chi connectivity index (χ4v) is 4.15. The van der Waals surface area contributed by atoms with Crippen LogP contribution in [0.5, 0.6) is 0 Å². The minimum absolute atomic E-state index is 0.00895. The highest BCUT2D eigenvalue weighted by atomic mass is 16.2. The minimum Gasteiger partial charge on any atom is -0.352 e. The van der Waals surface area contributed by atoms with E-state index < -0.39 is 6.04 Å². The molecule has 2 amide bonds. The van der Waals surface area contributed by atoms with E-state index in [0.717, 1.165) is 17.5 Å². The number of carbonyl (C=O) groups excluding carboxylic acids is 2. The van der Waals surface area contributed by atoms with E-state index in [1.54, 1.807) is 4.90 Å². The molecule has 4 heteroatoms. The first kappa shape index (κ1) is 24.5. The van der Waals surface area contributed by atoms with Crippen LogP contribution in [0.1, 0.15) is 56.7 Å². The Labute approximate surface area is 198 Å². The van der Waals surface area contributed by atoms with Crippen LogP contribution in [0, 0.1) is 6.92 Å². The average Bonchev–Trinajstić information content (AvgIpc) is 2.83. The van der Waals surface area contributed by atoms with Crippen LogP contribution in [0.3, 0.4) is 0 Å². The first-order valence-corrected chi connectivity index (χ1v) is 12.0. The van der Waals surface area contributed by atoms with Gasteiger partial charge >= 0.3 is 0 Å². The van der Waals surface area contributed by atoms with Crippen molar-refractivity contribution in [2.24, 2.45) is 0 Å². The van der Waals surface area contributed by atoms with E-state index in [1.807, 2.05) is 70.2 Å². The molecule has 0 aliphatic heterocycles. The van der Waals surface area contributed by atoms with E-state index in [4.69, 9.17) is 0 Å². The summed E-state index contributed by atoms with van der Waals surface area (Å²) in [5.41, 5.74) is 3.37. The van der Waals surface area contributed by atoms with Crippen molar-refractivity contribution < 1.29 is 9.59 Å². The largest absolute Gasteiger partial charge is 0.352 e. The Bertz CT molecular complexity index is 1070. The minimum atomic E-state index is -0.486. The number of hydrogen-bond acceptors (Lipinski definition) is 2. The third-order valence-electron chi connectivity index (χ3n) is 6.35. The molecule has 0 aliphatic rings. The van der Waals surface area contributed by atoms with Gasteiger partial charge in [0.05, 0.1) is 0 Å². The fourth-order valence-electron chi connectivity index (χ4n) is 4.15. The lowest BCUT2D eigenvalue weighted by Gasteiger charge is -2.31. The van der Waals surface area contributed by atoms with Crippen molar-refractivity contribution in [1.29, 1.82) is 0 Å². The molecule has 0 bridgehead atoms. The molecule has 33 heavy (non-hydrogen) atoms. The summed E-state index contributed by atoms with van der Waals surface area (Å²) in [6.45, 7) is 8.50. The van der Waals surface area contributed by atoms with Crippen molar-refractivity contribution in [1.82, 2.24) is 10.2 Å². The lowest BCUT2D eigenvalue weighted by atomic mass is 10.00.